The number of hydrogen-bond donors (Lipinski definition) is 0. The van der Waals surface area contributed by atoms with E-state index in [0.29, 0.717) is 0 Å². The normalized spacial score (nSPS) is 11.6. The Balaban J connectivity index is 3.38. The van der Waals surface area contributed by atoms with Crippen LogP contribution in [0.4, 0.5) is 0 Å². The molecule has 0 aliphatic rings. The van der Waals surface area contributed by atoms with E-state index in [4.69, 9.17) is 4.74 Å². The molecule has 0 bridgehead atoms. The van der Waals surface area contributed by atoms with Crippen molar-refractivity contribution in [3.63, 3.8) is 0 Å². The average molecular weight is 132 g/mol. The summed E-state index contributed by atoms with van der Waals surface area (Å²) < 4.78 is 4.98. The van der Waals surface area contributed by atoms with E-state index in [2.05, 4.69) is 6.26 Å². The highest BCUT2D eigenvalue weighted by molar-refractivity contribution is 7.98. The van der Waals surface area contributed by atoms with Gasteiger partial charge in [-0.1, -0.05) is 0 Å². The molecular weight excluding hydrogens is 120 g/mol. The number of hydrogen-bond acceptors (Lipinski definition) is 2. The molecule has 0 aromatic rings. The predicted molar refractivity (Wildman–Crippen MR) is 39.1 cm³/mol. The Morgan fingerprint density at radius 1 is 1.75 bits per heavy atom. The van der Waals surface area contributed by atoms with Crippen LogP contribution in [0.25, 0.3) is 0 Å². The lowest BCUT2D eigenvalue weighted by atomic mass is 10.5. The minimum atomic E-state index is 0.979. The van der Waals surface area contributed by atoms with Gasteiger partial charge in [0, 0.05) is 0 Å². The standard InChI is InChI=1S/C6H12OS/c1-4-6(7-2)5-8-3/h4H,5H2,1-3H3/b6-4+. The fraction of sp³-hybridized carbons (Fsp3) is 0.667. The quantitative estimate of drug-likeness (QED) is 0.542. The molecule has 0 radical (unpaired) electrons. The van der Waals surface area contributed by atoms with Gasteiger partial charge in [0.2, 0.25) is 0 Å². The van der Waals surface area contributed by atoms with E-state index < -0.39 is 0 Å². The van der Waals surface area contributed by atoms with Crippen molar-refractivity contribution in [2.75, 3.05) is 19.1 Å². The van der Waals surface area contributed by atoms with Gasteiger partial charge in [-0.3, -0.25) is 0 Å². The van der Waals surface area contributed by atoms with E-state index in [-0.39, 0.29) is 0 Å². The third-order valence-corrected chi connectivity index (χ3v) is 1.44. The van der Waals surface area contributed by atoms with Crippen LogP contribution in [0, 0.1) is 0 Å². The number of rotatable bonds is 3. The first kappa shape index (κ1) is 7.89. The first-order valence-corrected chi connectivity index (χ1v) is 3.92. The number of allylic oxidation sites excluding steroid dienone is 1. The third-order valence-electron chi connectivity index (χ3n) is 0.871. The van der Waals surface area contributed by atoms with Crippen LogP contribution >= 0.6 is 11.8 Å². The predicted octanol–water partition coefficient (Wildman–Crippen LogP) is 1.90. The van der Waals surface area contributed by atoms with Gasteiger partial charge in [-0.05, 0) is 19.3 Å². The number of methoxy groups -OCH3 is 1. The van der Waals surface area contributed by atoms with Gasteiger partial charge >= 0.3 is 0 Å². The second-order valence-electron chi connectivity index (χ2n) is 1.39. The Morgan fingerprint density at radius 2 is 2.38 bits per heavy atom. The Bertz CT molecular complexity index is 78.6. The van der Waals surface area contributed by atoms with Gasteiger partial charge in [-0.15, -0.1) is 0 Å². The zero-order valence-electron chi connectivity index (χ0n) is 5.60. The molecule has 0 saturated carbocycles. The van der Waals surface area contributed by atoms with E-state index >= 15 is 0 Å². The maximum atomic E-state index is 4.98. The molecule has 0 fully saturated rings. The smallest absolute Gasteiger partial charge is 0.101 e. The molecule has 0 atom stereocenters. The number of thioether (sulfide) groups is 1. The molecule has 0 heterocycles. The molecule has 0 saturated heterocycles. The molecule has 0 N–H and O–H groups in total. The van der Waals surface area contributed by atoms with Gasteiger partial charge < -0.3 is 4.74 Å². The SMILES string of the molecule is C/C=C(\CSC)OC. The largest absolute Gasteiger partial charge is 0.501 e. The summed E-state index contributed by atoms with van der Waals surface area (Å²) in [6.07, 6.45) is 4.04. The summed E-state index contributed by atoms with van der Waals surface area (Å²) in [6, 6.07) is 0. The molecule has 0 spiro atoms. The zero-order valence-corrected chi connectivity index (χ0v) is 6.42. The third kappa shape index (κ3) is 2.97. The molecule has 8 heavy (non-hydrogen) atoms. The first-order chi connectivity index (χ1) is 3.85. The molecular formula is C6H12OS. The monoisotopic (exact) mass is 132 g/mol. The van der Waals surface area contributed by atoms with Crippen LogP contribution in [0.15, 0.2) is 11.8 Å². The van der Waals surface area contributed by atoms with Gasteiger partial charge in [0.15, 0.2) is 0 Å². The van der Waals surface area contributed by atoms with Gasteiger partial charge in [0.05, 0.1) is 12.9 Å². The maximum Gasteiger partial charge on any atom is 0.101 e. The highest BCUT2D eigenvalue weighted by Gasteiger charge is 1.88. The molecule has 0 aliphatic carbocycles. The molecule has 48 valence electrons. The summed E-state index contributed by atoms with van der Waals surface area (Å²) >= 11 is 1.77. The molecule has 0 unspecified atom stereocenters. The van der Waals surface area contributed by atoms with Crippen molar-refractivity contribution in [2.24, 2.45) is 0 Å². The van der Waals surface area contributed by atoms with Gasteiger partial charge in [0.1, 0.15) is 5.76 Å². The molecule has 0 aromatic carbocycles. The summed E-state index contributed by atoms with van der Waals surface area (Å²) in [7, 11) is 1.70. The summed E-state index contributed by atoms with van der Waals surface area (Å²) in [6.45, 7) is 1.98. The molecule has 0 amide bonds. The lowest BCUT2D eigenvalue weighted by molar-refractivity contribution is 0.295. The Hall–Kier alpha value is -0.110. The van der Waals surface area contributed by atoms with Gasteiger partial charge in [-0.2, -0.15) is 11.8 Å². The fourth-order valence-corrected chi connectivity index (χ4v) is 0.971. The average Bonchev–Trinajstić information content (AvgIpc) is 1.83. The van der Waals surface area contributed by atoms with Crippen LogP contribution in [0.2, 0.25) is 0 Å². The van der Waals surface area contributed by atoms with Crippen LogP contribution in [-0.2, 0) is 4.74 Å². The second kappa shape index (κ2) is 5.04. The van der Waals surface area contributed by atoms with E-state index in [0.717, 1.165) is 11.5 Å². The van der Waals surface area contributed by atoms with Crippen LogP contribution in [-0.4, -0.2) is 19.1 Å². The lowest BCUT2D eigenvalue weighted by Crippen LogP contribution is -1.87. The first-order valence-electron chi connectivity index (χ1n) is 2.53. The van der Waals surface area contributed by atoms with Crippen molar-refractivity contribution < 1.29 is 4.74 Å². The summed E-state index contributed by atoms with van der Waals surface area (Å²) in [5.74, 6) is 2.03. The van der Waals surface area contributed by atoms with Crippen molar-refractivity contribution in [1.82, 2.24) is 0 Å². The van der Waals surface area contributed by atoms with Crippen molar-refractivity contribution in [2.45, 2.75) is 6.92 Å². The molecule has 0 aromatic heterocycles. The van der Waals surface area contributed by atoms with Crippen molar-refractivity contribution in [3.8, 4) is 0 Å². The summed E-state index contributed by atoms with van der Waals surface area (Å²) in [5.41, 5.74) is 0. The fourth-order valence-electron chi connectivity index (χ4n) is 0.402. The van der Waals surface area contributed by atoms with Crippen molar-refractivity contribution >= 4 is 11.8 Å². The minimum Gasteiger partial charge on any atom is -0.501 e. The van der Waals surface area contributed by atoms with Crippen LogP contribution in [0.5, 0.6) is 0 Å². The Labute approximate surface area is 55.1 Å². The van der Waals surface area contributed by atoms with E-state index in [1.165, 1.54) is 0 Å². The second-order valence-corrected chi connectivity index (χ2v) is 2.26. The van der Waals surface area contributed by atoms with Crippen LogP contribution < -0.4 is 0 Å². The van der Waals surface area contributed by atoms with E-state index in [1.807, 2.05) is 13.0 Å². The maximum absolute atomic E-state index is 4.98. The van der Waals surface area contributed by atoms with Crippen LogP contribution in [0.1, 0.15) is 6.92 Å². The highest BCUT2D eigenvalue weighted by atomic mass is 32.2. The van der Waals surface area contributed by atoms with Gasteiger partial charge in [0.25, 0.3) is 0 Å². The lowest BCUT2D eigenvalue weighted by Gasteiger charge is -2.00. The number of ether oxygens (including phenoxy) is 1. The Morgan fingerprint density at radius 3 is 2.50 bits per heavy atom. The topological polar surface area (TPSA) is 9.23 Å². The van der Waals surface area contributed by atoms with Crippen LogP contribution in [0.3, 0.4) is 0 Å². The molecule has 1 nitrogen and oxygen atoms in total. The van der Waals surface area contributed by atoms with Gasteiger partial charge in [-0.25, -0.2) is 0 Å². The van der Waals surface area contributed by atoms with E-state index in [1.54, 1.807) is 18.9 Å². The Kier molecular flexibility index (Phi) is 4.97. The summed E-state index contributed by atoms with van der Waals surface area (Å²) in [5, 5.41) is 0. The summed E-state index contributed by atoms with van der Waals surface area (Å²) in [4.78, 5) is 0. The molecule has 0 aliphatic heterocycles. The minimum absolute atomic E-state index is 0.979. The highest BCUT2D eigenvalue weighted by Crippen LogP contribution is 2.02. The van der Waals surface area contributed by atoms with E-state index in [9.17, 15) is 0 Å². The molecule has 2 heteroatoms. The zero-order chi connectivity index (χ0) is 6.41. The van der Waals surface area contributed by atoms with Crippen molar-refractivity contribution in [1.29, 1.82) is 0 Å². The molecule has 0 rings (SSSR count). The van der Waals surface area contributed by atoms with Crippen molar-refractivity contribution in [3.05, 3.63) is 11.8 Å².